The number of allylic oxidation sites excluding steroid dienone is 5. The van der Waals surface area contributed by atoms with Crippen molar-refractivity contribution in [2.45, 2.75) is 176 Å². The van der Waals surface area contributed by atoms with Crippen molar-refractivity contribution < 1.29 is 9.53 Å². The number of carbonyl (C=O) groups is 1. The highest BCUT2D eigenvalue weighted by molar-refractivity contribution is 9.11. The molecule has 4 aliphatic carbocycles. The van der Waals surface area contributed by atoms with E-state index in [1.165, 1.54) is 69.8 Å². The van der Waals surface area contributed by atoms with E-state index in [9.17, 15) is 4.79 Å². The molecule has 3 fully saturated rings. The molecule has 3 saturated carbocycles. The van der Waals surface area contributed by atoms with Gasteiger partial charge in [0.05, 0.1) is 0 Å². The van der Waals surface area contributed by atoms with Gasteiger partial charge in [0.15, 0.2) is 0 Å². The largest absolute Gasteiger partial charge is 0.462 e. The van der Waals surface area contributed by atoms with Crippen molar-refractivity contribution in [3.8, 4) is 23.7 Å². The number of halogens is 1. The molecule has 4 aliphatic rings. The van der Waals surface area contributed by atoms with Gasteiger partial charge >= 0.3 is 5.97 Å². The molecule has 0 spiro atoms. The first kappa shape index (κ1) is 41.8. The summed E-state index contributed by atoms with van der Waals surface area (Å²) >= 11 is 3.22. The topological polar surface area (TPSA) is 26.3 Å². The maximum atomic E-state index is 12.8. The fraction of sp³-hybridized carbons (Fsp3) is 0.729. The average molecular weight is 760 g/mol. The quantitative estimate of drug-likeness (QED) is 0.0639. The van der Waals surface area contributed by atoms with Crippen LogP contribution < -0.4 is 0 Å². The van der Waals surface area contributed by atoms with Crippen LogP contribution in [0.5, 0.6) is 0 Å². The Hall–Kier alpha value is -1.97. The minimum absolute atomic E-state index is 0.000469. The number of hydrogen-bond acceptors (Lipinski definition) is 2. The standard InChI is InChI=1S/C48H71BrO2/c1-7-39(8-2)37(3)25-26-38(4)43-29-30-44-42-28-27-40-36-41(31-33-47(40,5)45(42)32-34-48(43,44)6)51-46(50)24-22-20-18-16-14-12-10-9-11-13-15-17-19-21-23-35-49/h9-10,23,27,35,38-39,41-45H,3,7-8,11,13,15-18,20,22,24-26,28-34,36H2,1-2,4-6H3. The van der Waals surface area contributed by atoms with E-state index in [0.717, 1.165) is 93.8 Å². The minimum Gasteiger partial charge on any atom is -0.462 e. The fourth-order valence-electron chi connectivity index (χ4n) is 11.2. The second kappa shape index (κ2) is 21.1. The number of esters is 1. The van der Waals surface area contributed by atoms with Gasteiger partial charge in [0.2, 0.25) is 0 Å². The van der Waals surface area contributed by atoms with Crippen LogP contribution in [0.2, 0.25) is 0 Å². The van der Waals surface area contributed by atoms with Crippen LogP contribution in [0, 0.1) is 70.0 Å². The van der Waals surface area contributed by atoms with E-state index in [0.29, 0.717) is 23.2 Å². The van der Waals surface area contributed by atoms with E-state index in [4.69, 9.17) is 4.74 Å². The summed E-state index contributed by atoms with van der Waals surface area (Å²) in [6, 6.07) is 0. The van der Waals surface area contributed by atoms with Crippen LogP contribution in [0.3, 0.4) is 0 Å². The first-order valence-corrected chi connectivity index (χ1v) is 22.0. The van der Waals surface area contributed by atoms with E-state index in [-0.39, 0.29) is 12.1 Å². The van der Waals surface area contributed by atoms with Crippen molar-refractivity contribution >= 4 is 21.9 Å². The van der Waals surface area contributed by atoms with Crippen molar-refractivity contribution in [3.63, 3.8) is 0 Å². The third kappa shape index (κ3) is 11.3. The molecule has 4 rings (SSSR count). The van der Waals surface area contributed by atoms with Crippen LogP contribution in [0.4, 0.5) is 0 Å². The molecule has 2 nitrogen and oxygen atoms in total. The van der Waals surface area contributed by atoms with Gasteiger partial charge in [-0.2, -0.15) is 0 Å². The summed E-state index contributed by atoms with van der Waals surface area (Å²) in [5.74, 6) is 17.4. The molecule has 282 valence electrons. The van der Waals surface area contributed by atoms with Gasteiger partial charge in [-0.05, 0) is 166 Å². The molecule has 0 heterocycles. The Balaban J connectivity index is 1.15. The van der Waals surface area contributed by atoms with E-state index in [1.807, 2.05) is 12.2 Å². The summed E-state index contributed by atoms with van der Waals surface area (Å²) in [6.07, 6.45) is 32.4. The lowest BCUT2D eigenvalue weighted by molar-refractivity contribution is -0.151. The number of ether oxygens (including phenoxy) is 1. The van der Waals surface area contributed by atoms with Crippen LogP contribution in [0.15, 0.2) is 47.0 Å². The molecule has 0 aromatic carbocycles. The van der Waals surface area contributed by atoms with Gasteiger partial charge in [0, 0.05) is 25.7 Å². The summed E-state index contributed by atoms with van der Waals surface area (Å²) in [4.78, 5) is 14.6. The van der Waals surface area contributed by atoms with Gasteiger partial charge in [0.1, 0.15) is 6.10 Å². The SMILES string of the molecule is C=C(CCC(C)C1CCC2C3CC=C4CC(OC(=O)CCCCCC#CC=CCCCCC#CC=CBr)CCC4(C)C3CCC12C)C(CC)CC. The summed E-state index contributed by atoms with van der Waals surface area (Å²) in [5.41, 5.74) is 3.90. The Morgan fingerprint density at radius 3 is 2.45 bits per heavy atom. The Morgan fingerprint density at radius 2 is 1.71 bits per heavy atom. The molecule has 0 saturated heterocycles. The highest BCUT2D eigenvalue weighted by atomic mass is 79.9. The molecule has 0 aromatic rings. The highest BCUT2D eigenvalue weighted by Gasteiger charge is 2.59. The van der Waals surface area contributed by atoms with E-state index in [1.54, 1.807) is 10.6 Å². The van der Waals surface area contributed by atoms with Crippen LogP contribution in [0.25, 0.3) is 0 Å². The molecule has 0 N–H and O–H groups in total. The smallest absolute Gasteiger partial charge is 0.306 e. The summed E-state index contributed by atoms with van der Waals surface area (Å²) in [5, 5.41) is 0. The van der Waals surface area contributed by atoms with E-state index >= 15 is 0 Å². The van der Waals surface area contributed by atoms with Crippen molar-refractivity contribution in [2.75, 3.05) is 0 Å². The molecular weight excluding hydrogens is 688 g/mol. The zero-order chi connectivity index (χ0) is 36.7. The zero-order valence-corrected chi connectivity index (χ0v) is 34.8. The average Bonchev–Trinajstić information content (AvgIpc) is 3.48. The van der Waals surface area contributed by atoms with Crippen LogP contribution in [0.1, 0.15) is 169 Å². The first-order valence-electron chi connectivity index (χ1n) is 21.1. The summed E-state index contributed by atoms with van der Waals surface area (Å²) in [6.45, 7) is 17.0. The molecule has 0 bridgehead atoms. The Bertz CT molecular complexity index is 1340. The number of hydrogen-bond donors (Lipinski definition) is 0. The van der Waals surface area contributed by atoms with Gasteiger partial charge in [-0.1, -0.05) is 111 Å². The number of carbonyl (C=O) groups excluding carboxylic acids is 1. The van der Waals surface area contributed by atoms with Gasteiger partial charge in [0.25, 0.3) is 0 Å². The lowest BCUT2D eigenvalue weighted by atomic mass is 9.47. The third-order valence-corrected chi connectivity index (χ3v) is 14.5. The molecule has 8 unspecified atom stereocenters. The molecule has 0 radical (unpaired) electrons. The van der Waals surface area contributed by atoms with Crippen molar-refractivity contribution in [3.05, 3.63) is 47.0 Å². The monoisotopic (exact) mass is 758 g/mol. The van der Waals surface area contributed by atoms with Crippen molar-refractivity contribution in [1.82, 2.24) is 0 Å². The van der Waals surface area contributed by atoms with Gasteiger partial charge in [-0.25, -0.2) is 0 Å². The molecule has 0 aliphatic heterocycles. The molecule has 0 aromatic heterocycles. The highest BCUT2D eigenvalue weighted by Crippen LogP contribution is 2.67. The molecule has 51 heavy (non-hydrogen) atoms. The summed E-state index contributed by atoms with van der Waals surface area (Å²) in [7, 11) is 0. The normalized spacial score (nSPS) is 30.4. The van der Waals surface area contributed by atoms with Gasteiger partial charge in [-0.3, -0.25) is 4.79 Å². The van der Waals surface area contributed by atoms with Crippen LogP contribution in [-0.4, -0.2) is 12.1 Å². The minimum atomic E-state index is 0.000469. The molecule has 0 amide bonds. The van der Waals surface area contributed by atoms with Crippen LogP contribution >= 0.6 is 15.9 Å². The fourth-order valence-corrected chi connectivity index (χ4v) is 11.3. The maximum absolute atomic E-state index is 12.8. The predicted octanol–water partition coefficient (Wildman–Crippen LogP) is 13.9. The van der Waals surface area contributed by atoms with E-state index in [2.05, 4.69) is 93.0 Å². The number of rotatable bonds is 17. The Kier molecular flexibility index (Phi) is 17.2. The van der Waals surface area contributed by atoms with Crippen molar-refractivity contribution in [1.29, 1.82) is 0 Å². The number of fused-ring (bicyclic) bond motifs is 5. The lowest BCUT2D eigenvalue weighted by Crippen LogP contribution is -2.51. The number of unbranched alkanes of at least 4 members (excludes halogenated alkanes) is 6. The maximum Gasteiger partial charge on any atom is 0.306 e. The van der Waals surface area contributed by atoms with Gasteiger partial charge < -0.3 is 4.74 Å². The van der Waals surface area contributed by atoms with E-state index < -0.39 is 0 Å². The molecule has 3 heteroatoms. The Morgan fingerprint density at radius 1 is 0.961 bits per heavy atom. The zero-order valence-electron chi connectivity index (χ0n) is 33.2. The second-order valence-corrected chi connectivity index (χ2v) is 17.7. The molecular formula is C48H71BrO2. The van der Waals surface area contributed by atoms with Crippen molar-refractivity contribution in [2.24, 2.45) is 46.3 Å². The lowest BCUT2D eigenvalue weighted by Gasteiger charge is -2.58. The Labute approximate surface area is 322 Å². The third-order valence-electron chi connectivity index (χ3n) is 14.3. The molecule has 8 atom stereocenters. The second-order valence-electron chi connectivity index (χ2n) is 17.2. The predicted molar refractivity (Wildman–Crippen MR) is 221 cm³/mol. The van der Waals surface area contributed by atoms with Gasteiger partial charge in [-0.15, -0.1) is 0 Å². The first-order chi connectivity index (χ1) is 24.7. The summed E-state index contributed by atoms with van der Waals surface area (Å²) < 4.78 is 6.10. The van der Waals surface area contributed by atoms with Crippen LogP contribution in [-0.2, 0) is 9.53 Å².